The quantitative estimate of drug-likeness (QED) is 0.160. The number of hydrogen-bond donors (Lipinski definition) is 0. The van der Waals surface area contributed by atoms with Gasteiger partial charge in [0.1, 0.15) is 0 Å². The van der Waals surface area contributed by atoms with Crippen molar-refractivity contribution in [3.05, 3.63) is 229 Å². The molecule has 1 spiro atoms. The molecule has 2 heteroatoms. The van der Waals surface area contributed by atoms with E-state index >= 15 is 0 Å². The van der Waals surface area contributed by atoms with E-state index in [0.717, 1.165) is 5.69 Å². The van der Waals surface area contributed by atoms with Crippen molar-refractivity contribution in [2.75, 3.05) is 0 Å². The van der Waals surface area contributed by atoms with Crippen LogP contribution in [0.5, 0.6) is 0 Å². The number of nitrogens with zero attached hydrogens (tertiary/aromatic N) is 2. The van der Waals surface area contributed by atoms with Gasteiger partial charge in [-0.05, 0) is 80.9 Å². The van der Waals surface area contributed by atoms with Crippen LogP contribution in [0.1, 0.15) is 22.3 Å². The van der Waals surface area contributed by atoms with Crippen molar-refractivity contribution in [3.63, 3.8) is 0 Å². The van der Waals surface area contributed by atoms with Crippen molar-refractivity contribution in [2.24, 2.45) is 0 Å². The summed E-state index contributed by atoms with van der Waals surface area (Å²) in [5.41, 5.74) is 19.4. The Morgan fingerprint density at radius 1 is 0.281 bits per heavy atom. The number of hydrogen-bond acceptors (Lipinski definition) is 0. The van der Waals surface area contributed by atoms with Crippen LogP contribution in [-0.4, -0.2) is 9.13 Å². The van der Waals surface area contributed by atoms with Crippen LogP contribution in [0.15, 0.2) is 206 Å². The number of aromatic nitrogens is 2. The monoisotopic (exact) mass is 722 g/mol. The molecule has 264 valence electrons. The van der Waals surface area contributed by atoms with Crippen LogP contribution in [0, 0.1) is 0 Å². The molecule has 2 aromatic heterocycles. The van der Waals surface area contributed by atoms with Gasteiger partial charge >= 0.3 is 0 Å². The predicted octanol–water partition coefficient (Wildman–Crippen LogP) is 13.9. The molecule has 0 N–H and O–H groups in total. The third-order valence-electron chi connectivity index (χ3n) is 12.9. The second-order valence-electron chi connectivity index (χ2n) is 15.6. The Balaban J connectivity index is 1.22. The second kappa shape index (κ2) is 11.3. The molecule has 1 aliphatic heterocycles. The van der Waals surface area contributed by atoms with Gasteiger partial charge in [0.2, 0.25) is 0 Å². The fraction of sp³-hybridized carbons (Fsp3) is 0.0182. The highest BCUT2D eigenvalue weighted by molar-refractivity contribution is 6.16. The Hall–Kier alpha value is -7.42. The average molecular weight is 723 g/mol. The maximum absolute atomic E-state index is 2.55. The van der Waals surface area contributed by atoms with E-state index in [1.807, 2.05) is 0 Å². The number of para-hydroxylation sites is 4. The van der Waals surface area contributed by atoms with Gasteiger partial charge in [-0.15, -0.1) is 0 Å². The molecule has 2 nitrogen and oxygen atoms in total. The molecule has 1 aliphatic carbocycles. The largest absolute Gasteiger partial charge is 0.309 e. The lowest BCUT2D eigenvalue weighted by molar-refractivity contribution is 0.772. The van der Waals surface area contributed by atoms with E-state index in [1.54, 1.807) is 0 Å². The van der Waals surface area contributed by atoms with E-state index < -0.39 is 5.41 Å². The highest BCUT2D eigenvalue weighted by Gasteiger charge is 2.48. The zero-order valence-corrected chi connectivity index (χ0v) is 31.0. The van der Waals surface area contributed by atoms with Crippen molar-refractivity contribution in [2.45, 2.75) is 5.41 Å². The fourth-order valence-electron chi connectivity index (χ4n) is 10.8. The van der Waals surface area contributed by atoms with Crippen molar-refractivity contribution >= 4 is 43.6 Å². The van der Waals surface area contributed by atoms with Gasteiger partial charge in [-0.3, -0.25) is 0 Å². The molecular formula is C55H34N2. The first-order valence-electron chi connectivity index (χ1n) is 19.9. The van der Waals surface area contributed by atoms with E-state index in [1.165, 1.54) is 105 Å². The number of benzene rings is 9. The van der Waals surface area contributed by atoms with Gasteiger partial charge in [0.05, 0.1) is 33.2 Å². The number of rotatable bonds is 1. The van der Waals surface area contributed by atoms with E-state index in [-0.39, 0.29) is 0 Å². The minimum atomic E-state index is -0.562. The molecule has 11 aromatic rings. The molecule has 57 heavy (non-hydrogen) atoms. The molecule has 0 bridgehead atoms. The minimum absolute atomic E-state index is 0.562. The van der Waals surface area contributed by atoms with Crippen LogP contribution < -0.4 is 0 Å². The van der Waals surface area contributed by atoms with Crippen molar-refractivity contribution in [1.82, 2.24) is 9.13 Å². The van der Waals surface area contributed by atoms with Crippen molar-refractivity contribution in [3.8, 4) is 44.8 Å². The van der Waals surface area contributed by atoms with Gasteiger partial charge in [-0.25, -0.2) is 0 Å². The molecule has 0 saturated carbocycles. The second-order valence-corrected chi connectivity index (χ2v) is 15.6. The van der Waals surface area contributed by atoms with Gasteiger partial charge in [-0.2, -0.15) is 0 Å². The first-order valence-corrected chi connectivity index (χ1v) is 19.9. The molecule has 0 radical (unpaired) electrons. The summed E-state index contributed by atoms with van der Waals surface area (Å²) in [6, 6.07) is 77.2. The summed E-state index contributed by atoms with van der Waals surface area (Å²) in [4.78, 5) is 0. The van der Waals surface area contributed by atoms with Gasteiger partial charge in [-0.1, -0.05) is 170 Å². The summed E-state index contributed by atoms with van der Waals surface area (Å²) in [7, 11) is 0. The standard InChI is InChI=1S/C55H34N2/c1-8-25-46-36(16-1)37-17-2-9-26-47(37)55(46)48-27-10-3-18-38(48)40-20-5-14-31-52(40)57-53-33-32-35(56-50-29-12-6-21-41(50)42-22-7-13-30-51(42)56)34-45(53)44-24-15-23-43(54(44)57)39-19-4-11-28-49(39)55/h1-34H. The van der Waals surface area contributed by atoms with E-state index in [4.69, 9.17) is 0 Å². The molecule has 2 aliphatic rings. The van der Waals surface area contributed by atoms with Gasteiger partial charge < -0.3 is 9.13 Å². The van der Waals surface area contributed by atoms with Gasteiger partial charge in [0.25, 0.3) is 0 Å². The van der Waals surface area contributed by atoms with Crippen molar-refractivity contribution < 1.29 is 0 Å². The zero-order chi connectivity index (χ0) is 37.2. The minimum Gasteiger partial charge on any atom is -0.309 e. The van der Waals surface area contributed by atoms with Crippen LogP contribution in [-0.2, 0) is 5.41 Å². The average Bonchev–Trinajstić information content (AvgIpc) is 3.90. The molecule has 3 heterocycles. The summed E-state index contributed by atoms with van der Waals surface area (Å²) in [6.45, 7) is 0. The van der Waals surface area contributed by atoms with Crippen LogP contribution in [0.25, 0.3) is 88.4 Å². The fourth-order valence-corrected chi connectivity index (χ4v) is 10.8. The summed E-state index contributed by atoms with van der Waals surface area (Å²) in [5, 5.41) is 5.01. The summed E-state index contributed by atoms with van der Waals surface area (Å²) >= 11 is 0. The van der Waals surface area contributed by atoms with Crippen LogP contribution in [0.2, 0.25) is 0 Å². The molecular weight excluding hydrogens is 689 g/mol. The smallest absolute Gasteiger partial charge is 0.0725 e. The normalized spacial score (nSPS) is 13.4. The topological polar surface area (TPSA) is 9.86 Å². The van der Waals surface area contributed by atoms with Crippen LogP contribution >= 0.6 is 0 Å². The van der Waals surface area contributed by atoms with Gasteiger partial charge in [0, 0.05) is 38.4 Å². The molecule has 0 amide bonds. The van der Waals surface area contributed by atoms with Gasteiger partial charge in [0.15, 0.2) is 0 Å². The highest BCUT2D eigenvalue weighted by atomic mass is 15.0. The Bertz CT molecular complexity index is 3380. The first kappa shape index (κ1) is 30.9. The predicted molar refractivity (Wildman–Crippen MR) is 237 cm³/mol. The third kappa shape index (κ3) is 3.89. The van der Waals surface area contributed by atoms with E-state index in [0.29, 0.717) is 0 Å². The Kier molecular flexibility index (Phi) is 6.13. The Labute approximate surface area is 330 Å². The molecule has 0 saturated heterocycles. The van der Waals surface area contributed by atoms with Crippen LogP contribution in [0.4, 0.5) is 0 Å². The molecule has 13 rings (SSSR count). The molecule has 0 fully saturated rings. The lowest BCUT2D eigenvalue weighted by Crippen LogP contribution is -2.30. The summed E-state index contributed by atoms with van der Waals surface area (Å²) in [5.74, 6) is 0. The Morgan fingerprint density at radius 2 is 0.702 bits per heavy atom. The summed E-state index contributed by atoms with van der Waals surface area (Å²) < 4.78 is 4.98. The SMILES string of the molecule is c1ccc2c(c1)-c1ccccc1C1(c3ccccc3-c3ccccc31)c1ccccc1-c1cccc3c4cc(-n5c6ccccc6c6ccccc65)ccc4n-2c13. The van der Waals surface area contributed by atoms with Crippen molar-refractivity contribution in [1.29, 1.82) is 0 Å². The van der Waals surface area contributed by atoms with E-state index in [2.05, 4.69) is 215 Å². The zero-order valence-electron chi connectivity index (χ0n) is 31.0. The maximum Gasteiger partial charge on any atom is 0.0725 e. The maximum atomic E-state index is 2.55. The van der Waals surface area contributed by atoms with E-state index in [9.17, 15) is 0 Å². The van der Waals surface area contributed by atoms with Crippen LogP contribution in [0.3, 0.4) is 0 Å². The molecule has 0 unspecified atom stereocenters. The number of fused-ring (bicyclic) bond motifs is 19. The molecule has 0 atom stereocenters. The lowest BCUT2D eigenvalue weighted by atomic mass is 9.64. The highest BCUT2D eigenvalue weighted by Crippen LogP contribution is 2.60. The Morgan fingerprint density at radius 3 is 1.30 bits per heavy atom. The first-order chi connectivity index (χ1) is 28.3. The molecule has 9 aromatic carbocycles. The lowest BCUT2D eigenvalue weighted by Gasteiger charge is -2.38. The third-order valence-corrected chi connectivity index (χ3v) is 12.9. The summed E-state index contributed by atoms with van der Waals surface area (Å²) in [6.07, 6.45) is 0.